The van der Waals surface area contributed by atoms with Crippen molar-refractivity contribution in [2.45, 2.75) is 176 Å². The standard InChI is InChI=1S/C76H83Cl2N9O21/c1-6-81-72(103)104-41-23-42-43(66(98)82-57-36-15-38-22-39-16-37(57)27-74(38,39)26-36)25-54(92)76-64(85-76)33-9-13-49(45(77)18-33)105-51-20-35-21-52(63(51)108-69-62(96)61(95)60(94)53(30-88)107-69)106-50-14-10-34(19-46(50)78)65(97)75(80-5,28-40(89)11-7-31(2)3)71(102)87-73(4,29-55(79)93)70(101)84-59(35)67(99)83-58(68(100)86-76)32-8-12-47(90)44(17-32)56(42)48(91)24-41/h6,8-10,12-14,17-21,23-24,31,36-39,43,53,57-62,64-65,69,80,85,88,90-91,94-97H,7,11,15-16,22,25-30H2,1-5H3,(H2,79,93)(H,82,98)(H,83,99)(H,84,101)(H,86,100)(H,87,102). The van der Waals surface area contributed by atoms with Crippen LogP contribution < -0.4 is 61.9 Å². The quantitative estimate of drug-likeness (QED) is 0.0510. The van der Waals surface area contributed by atoms with Crippen LogP contribution in [0.2, 0.25) is 10.0 Å². The van der Waals surface area contributed by atoms with E-state index in [1.165, 1.54) is 74.8 Å². The molecule has 0 aromatic heterocycles. The van der Waals surface area contributed by atoms with Crippen LogP contribution in [-0.2, 0) is 43.1 Å². The SMILES string of the molecule is CC=NC(=O)Oc1cc(O)c2c(c1)C(C(=O)NC1C3CC4CC5CC1CC45C3)CC(=O)C13NC(=O)C(NC(=O)C4NC(=O)C(C)(CC(N)=O)NC(=O)C(CC(=O)CCC(C)C)(NC)C(O)c5ccc(c(Cl)c5)Oc5cc4cc(c5OC4OC(CO)C(O)C(O)C4O)Oc4ccc(cc4Cl)C1N3)c1ccc(O)c-2c1. The van der Waals surface area contributed by atoms with Crippen LogP contribution in [0.3, 0.4) is 0 Å². The van der Waals surface area contributed by atoms with Crippen molar-refractivity contribution >= 4 is 82.5 Å². The maximum absolute atomic E-state index is 16.4. The Labute approximate surface area is 628 Å². The van der Waals surface area contributed by atoms with Crippen molar-refractivity contribution in [3.63, 3.8) is 0 Å². The number of hydrogen-bond donors (Lipinski definition) is 15. The zero-order chi connectivity index (χ0) is 77.1. The Bertz CT molecular complexity index is 4590. The first-order valence-electron chi connectivity index (χ1n) is 35.9. The number of aliphatic hydroxyl groups excluding tert-OH is 5. The number of nitrogens with zero attached hydrogens (tertiary/aromatic N) is 1. The van der Waals surface area contributed by atoms with Gasteiger partial charge >= 0.3 is 6.09 Å². The van der Waals surface area contributed by atoms with Crippen molar-refractivity contribution in [2.75, 3.05) is 13.7 Å². The number of aliphatic imine (C=N–C) groups is 1. The molecule has 14 bridgehead atoms. The number of amides is 7. The molecule has 2 spiro atoms. The molecule has 17 unspecified atom stereocenters. The summed E-state index contributed by atoms with van der Waals surface area (Å²) in [6, 6.07) is 10.1. The van der Waals surface area contributed by atoms with E-state index >= 15 is 28.8 Å². The number of halogens is 2. The van der Waals surface area contributed by atoms with Crippen molar-refractivity contribution in [1.29, 1.82) is 0 Å². The van der Waals surface area contributed by atoms with E-state index in [9.17, 15) is 50.1 Å². The highest BCUT2D eigenvalue weighted by Crippen LogP contribution is 2.75. The summed E-state index contributed by atoms with van der Waals surface area (Å²) in [5, 5.41) is 101. The van der Waals surface area contributed by atoms with Gasteiger partial charge in [-0.05, 0) is 177 Å². The summed E-state index contributed by atoms with van der Waals surface area (Å²) >= 11 is 14.4. The van der Waals surface area contributed by atoms with Gasteiger partial charge in [0.15, 0.2) is 22.9 Å². The van der Waals surface area contributed by atoms with Gasteiger partial charge in [-0.15, -0.1) is 0 Å². The monoisotopic (exact) mass is 1530 g/mol. The summed E-state index contributed by atoms with van der Waals surface area (Å²) in [5.74, 6) is -12.5. The summed E-state index contributed by atoms with van der Waals surface area (Å²) in [4.78, 5) is 140. The fourth-order valence-corrected chi connectivity index (χ4v) is 18.4. The molecule has 16 rings (SSSR count). The largest absolute Gasteiger partial charge is 0.507 e. The van der Waals surface area contributed by atoms with Gasteiger partial charge < -0.3 is 97.1 Å². The number of benzene rings is 5. The van der Waals surface area contributed by atoms with Crippen molar-refractivity contribution in [3.05, 3.63) is 117 Å². The zero-order valence-electron chi connectivity index (χ0n) is 59.2. The summed E-state index contributed by atoms with van der Waals surface area (Å²) in [5.41, 5.74) is -2.26. The van der Waals surface area contributed by atoms with Crippen molar-refractivity contribution < 1.29 is 103 Å². The number of fused-ring (bicyclic) bond motifs is 17. The molecule has 16 N–H and O–H groups in total. The number of phenolic OH excluding ortho intramolecular Hbond substituents is 2. The third-order valence-electron chi connectivity index (χ3n) is 23.5. The molecule has 0 radical (unpaired) electrons. The molecule has 5 aromatic rings. The van der Waals surface area contributed by atoms with Gasteiger partial charge in [0.05, 0.1) is 35.0 Å². The minimum absolute atomic E-state index is 0.00824. The second-order valence-electron chi connectivity index (χ2n) is 30.6. The number of likely N-dealkylation sites (N-methyl/N-ethyl adjacent to an activating group) is 1. The number of carbonyl (C=O) groups is 9. The average Bonchev–Trinajstić information content (AvgIpc) is 1.52. The lowest BCUT2D eigenvalue weighted by atomic mass is 9.56. The van der Waals surface area contributed by atoms with E-state index in [1.54, 1.807) is 0 Å². The van der Waals surface area contributed by atoms with Crippen LogP contribution in [0.4, 0.5) is 4.79 Å². The number of phenols is 2. The number of hydrogen-bond acceptors (Lipinski definition) is 23. The predicted octanol–water partition coefficient (Wildman–Crippen LogP) is 5.06. The number of aliphatic hydroxyl groups is 5. The van der Waals surface area contributed by atoms with Crippen LogP contribution in [0.25, 0.3) is 11.1 Å². The molecular formula is C76H83Cl2N9O21. The molecule has 108 heavy (non-hydrogen) atoms. The Morgan fingerprint density at radius 3 is 2.03 bits per heavy atom. The smallest absolute Gasteiger partial charge is 0.438 e. The topological polar surface area (TPSA) is 474 Å². The van der Waals surface area contributed by atoms with E-state index in [-0.39, 0.29) is 96.3 Å². The molecule has 30 nitrogen and oxygen atoms in total. The van der Waals surface area contributed by atoms with Gasteiger partial charge in [0, 0.05) is 48.7 Å². The lowest BCUT2D eigenvalue weighted by molar-refractivity contribution is -0.277. The number of aromatic hydroxyl groups is 2. The number of nitrogens with two attached hydrogens (primary N) is 1. The van der Waals surface area contributed by atoms with Crippen LogP contribution in [0.15, 0.2) is 83.9 Å². The molecule has 572 valence electrons. The molecule has 6 fully saturated rings. The molecule has 17 atom stereocenters. The molecule has 7 heterocycles. The molecule has 4 saturated carbocycles. The minimum atomic E-state index is -2.59. The van der Waals surface area contributed by atoms with Crippen LogP contribution in [-0.4, -0.2) is 162 Å². The van der Waals surface area contributed by atoms with E-state index in [1.807, 2.05) is 13.8 Å². The molecule has 32 heteroatoms. The van der Waals surface area contributed by atoms with Crippen molar-refractivity contribution in [1.82, 2.24) is 37.2 Å². The van der Waals surface area contributed by atoms with E-state index in [0.29, 0.717) is 18.3 Å². The van der Waals surface area contributed by atoms with Crippen LogP contribution in [0.5, 0.6) is 46.0 Å². The minimum Gasteiger partial charge on any atom is -0.507 e. The highest BCUT2D eigenvalue weighted by Gasteiger charge is 2.69. The van der Waals surface area contributed by atoms with Crippen LogP contribution >= 0.6 is 23.2 Å². The average molecular weight is 1530 g/mol. The van der Waals surface area contributed by atoms with E-state index < -0.39 is 191 Å². The van der Waals surface area contributed by atoms with E-state index in [4.69, 9.17) is 52.6 Å². The summed E-state index contributed by atoms with van der Waals surface area (Å²) in [6.45, 7) is 5.35. The molecule has 7 aliphatic heterocycles. The van der Waals surface area contributed by atoms with Gasteiger partial charge in [-0.2, -0.15) is 4.99 Å². The Hall–Kier alpha value is -9.34. The van der Waals surface area contributed by atoms with E-state index in [0.717, 1.165) is 63.3 Å². The number of rotatable bonds is 14. The summed E-state index contributed by atoms with van der Waals surface area (Å²) in [7, 11) is 1.27. The molecule has 5 aromatic carbocycles. The number of primary amides is 1. The molecule has 7 amide bonds. The maximum Gasteiger partial charge on any atom is 0.438 e. The molecule has 2 saturated heterocycles. The molecular weight excluding hydrogens is 1450 g/mol. The number of ether oxygens (including phenoxy) is 5. The molecule has 11 aliphatic rings. The lowest BCUT2D eigenvalue weighted by Crippen LogP contribution is -2.68. The normalized spacial score (nSPS) is 32.9. The van der Waals surface area contributed by atoms with Gasteiger partial charge in [0.2, 0.25) is 47.5 Å². The Morgan fingerprint density at radius 1 is 0.750 bits per heavy atom. The van der Waals surface area contributed by atoms with Crippen LogP contribution in [0.1, 0.15) is 150 Å². The first-order valence-corrected chi connectivity index (χ1v) is 36.6. The zero-order valence-corrected chi connectivity index (χ0v) is 60.7. The third-order valence-corrected chi connectivity index (χ3v) is 24.1. The van der Waals surface area contributed by atoms with Crippen LogP contribution in [0, 0.1) is 35.0 Å². The van der Waals surface area contributed by atoms with Gasteiger partial charge in [0.25, 0.3) is 0 Å². The highest BCUT2D eigenvalue weighted by atomic mass is 35.5. The first kappa shape index (κ1) is 75.5. The number of Topliss-reactive ketones (excluding diaryl/α,β-unsaturated/α-hetero) is 2. The highest BCUT2D eigenvalue weighted by molar-refractivity contribution is 6.32. The summed E-state index contributed by atoms with van der Waals surface area (Å²) < 4.78 is 31.2. The van der Waals surface area contributed by atoms with Crippen molar-refractivity contribution in [2.24, 2.45) is 45.7 Å². The van der Waals surface area contributed by atoms with Gasteiger partial charge in [-0.3, -0.25) is 43.7 Å². The second-order valence-corrected chi connectivity index (χ2v) is 31.4. The van der Waals surface area contributed by atoms with Gasteiger partial charge in [-0.1, -0.05) is 55.2 Å². The Balaban J connectivity index is 0.974. The number of ketones is 2. The summed E-state index contributed by atoms with van der Waals surface area (Å²) in [6.07, 6.45) is -9.18. The third kappa shape index (κ3) is 13.3. The maximum atomic E-state index is 16.4. The van der Waals surface area contributed by atoms with Gasteiger partial charge in [-0.25, -0.2) is 4.79 Å². The Kier molecular flexibility index (Phi) is 20.0. The lowest BCUT2D eigenvalue weighted by Gasteiger charge is -2.49. The first-order chi connectivity index (χ1) is 51.3. The number of carbonyl (C=O) groups excluding carboxylic acids is 9. The molecule has 4 aliphatic carbocycles. The fourth-order valence-electron chi connectivity index (χ4n) is 17.9. The van der Waals surface area contributed by atoms with Crippen molar-refractivity contribution in [3.8, 4) is 57.1 Å². The fraction of sp³-hybridized carbons (Fsp3) is 0.474. The Morgan fingerprint density at radius 2 is 1.40 bits per heavy atom. The second kappa shape index (κ2) is 28.6. The predicted molar refractivity (Wildman–Crippen MR) is 382 cm³/mol. The van der Waals surface area contributed by atoms with E-state index in [2.05, 4.69) is 42.2 Å². The number of nitrogens with one attached hydrogen (secondary N) is 7. The van der Waals surface area contributed by atoms with Gasteiger partial charge in [0.1, 0.15) is 88.2 Å².